The van der Waals surface area contributed by atoms with Crippen LogP contribution in [0.5, 0.6) is 0 Å². The Hall–Kier alpha value is -0.800. The van der Waals surface area contributed by atoms with Crippen LogP contribution in [0.2, 0.25) is 5.02 Å². The zero-order valence-electron chi connectivity index (χ0n) is 5.76. The molecule has 0 saturated heterocycles. The standard InChI is InChI=1S/C7H4Cl2FNO/c8-6-3-4(10)1-2-5(6)7(9)11-12/h1-3,12H. The van der Waals surface area contributed by atoms with Crippen molar-refractivity contribution >= 4 is 28.4 Å². The van der Waals surface area contributed by atoms with Crippen LogP contribution >= 0.6 is 23.2 Å². The Kier molecular flexibility index (Phi) is 2.89. The third kappa shape index (κ3) is 1.87. The summed E-state index contributed by atoms with van der Waals surface area (Å²) < 4.78 is 12.5. The molecule has 12 heavy (non-hydrogen) atoms. The highest BCUT2D eigenvalue weighted by Crippen LogP contribution is 2.19. The molecule has 0 atom stereocenters. The predicted octanol–water partition coefficient (Wildman–Crippen LogP) is 2.85. The fourth-order valence-corrected chi connectivity index (χ4v) is 1.18. The van der Waals surface area contributed by atoms with E-state index in [0.717, 1.165) is 6.07 Å². The normalized spacial score (nSPS) is 11.8. The van der Waals surface area contributed by atoms with Crippen LogP contribution < -0.4 is 0 Å². The molecule has 0 bridgehead atoms. The van der Waals surface area contributed by atoms with Crippen molar-refractivity contribution < 1.29 is 9.60 Å². The predicted molar refractivity (Wildman–Crippen MR) is 45.6 cm³/mol. The Morgan fingerprint density at radius 3 is 2.67 bits per heavy atom. The highest BCUT2D eigenvalue weighted by Gasteiger charge is 2.06. The molecule has 0 radical (unpaired) electrons. The molecule has 0 aromatic heterocycles. The maximum Gasteiger partial charge on any atom is 0.176 e. The van der Waals surface area contributed by atoms with Crippen LogP contribution in [0.3, 0.4) is 0 Å². The average molecular weight is 208 g/mol. The molecule has 1 rings (SSSR count). The summed E-state index contributed by atoms with van der Waals surface area (Å²) in [4.78, 5) is 0. The van der Waals surface area contributed by atoms with Gasteiger partial charge >= 0.3 is 0 Å². The molecular formula is C7H4Cl2FNO. The second-order valence-electron chi connectivity index (χ2n) is 2.01. The third-order valence-electron chi connectivity index (χ3n) is 1.24. The van der Waals surface area contributed by atoms with Crippen molar-refractivity contribution in [2.45, 2.75) is 0 Å². The zero-order valence-corrected chi connectivity index (χ0v) is 7.27. The number of benzene rings is 1. The molecule has 0 amide bonds. The van der Waals surface area contributed by atoms with Crippen LogP contribution in [0.1, 0.15) is 5.56 Å². The van der Waals surface area contributed by atoms with Gasteiger partial charge < -0.3 is 5.21 Å². The minimum atomic E-state index is -0.467. The largest absolute Gasteiger partial charge is 0.410 e. The molecule has 1 N–H and O–H groups in total. The van der Waals surface area contributed by atoms with Crippen LogP contribution in [-0.2, 0) is 0 Å². The van der Waals surface area contributed by atoms with E-state index in [4.69, 9.17) is 28.4 Å². The smallest absolute Gasteiger partial charge is 0.176 e. The van der Waals surface area contributed by atoms with Crippen LogP contribution in [0.25, 0.3) is 0 Å². The zero-order chi connectivity index (χ0) is 9.14. The molecule has 64 valence electrons. The van der Waals surface area contributed by atoms with Gasteiger partial charge in [0.05, 0.1) is 5.02 Å². The second-order valence-corrected chi connectivity index (χ2v) is 2.78. The number of nitrogens with zero attached hydrogens (tertiary/aromatic N) is 1. The first-order valence-electron chi connectivity index (χ1n) is 2.98. The van der Waals surface area contributed by atoms with Gasteiger partial charge in [0.15, 0.2) is 5.17 Å². The van der Waals surface area contributed by atoms with E-state index in [2.05, 4.69) is 5.16 Å². The average Bonchev–Trinajstić information content (AvgIpc) is 2.03. The highest BCUT2D eigenvalue weighted by atomic mass is 35.5. The van der Waals surface area contributed by atoms with Gasteiger partial charge in [0, 0.05) is 5.56 Å². The highest BCUT2D eigenvalue weighted by molar-refractivity contribution is 6.70. The Morgan fingerprint density at radius 2 is 2.17 bits per heavy atom. The van der Waals surface area contributed by atoms with Gasteiger partial charge in [-0.1, -0.05) is 28.4 Å². The Morgan fingerprint density at radius 1 is 1.50 bits per heavy atom. The molecule has 1 aromatic rings. The van der Waals surface area contributed by atoms with Gasteiger partial charge in [0.25, 0.3) is 0 Å². The van der Waals surface area contributed by atoms with E-state index in [9.17, 15) is 4.39 Å². The summed E-state index contributed by atoms with van der Waals surface area (Å²) in [6.07, 6.45) is 0. The Balaban J connectivity index is 3.18. The number of halogens is 3. The van der Waals surface area contributed by atoms with E-state index in [1.54, 1.807) is 0 Å². The number of oxime groups is 1. The molecule has 0 saturated carbocycles. The van der Waals surface area contributed by atoms with E-state index in [0.29, 0.717) is 5.56 Å². The molecule has 0 unspecified atom stereocenters. The van der Waals surface area contributed by atoms with E-state index in [-0.39, 0.29) is 10.2 Å². The SMILES string of the molecule is ON=C(Cl)c1ccc(F)cc1Cl. The third-order valence-corrected chi connectivity index (χ3v) is 1.83. The lowest BCUT2D eigenvalue weighted by atomic mass is 10.2. The van der Waals surface area contributed by atoms with Crippen molar-refractivity contribution in [3.8, 4) is 0 Å². The second kappa shape index (κ2) is 3.74. The summed E-state index contributed by atoms with van der Waals surface area (Å²) in [6, 6.07) is 3.60. The summed E-state index contributed by atoms with van der Waals surface area (Å²) >= 11 is 11.0. The van der Waals surface area contributed by atoms with E-state index >= 15 is 0 Å². The lowest BCUT2D eigenvalue weighted by Gasteiger charge is -1.98. The van der Waals surface area contributed by atoms with Crippen molar-refractivity contribution in [3.05, 3.63) is 34.6 Å². The molecule has 2 nitrogen and oxygen atoms in total. The van der Waals surface area contributed by atoms with Crippen LogP contribution in [0.15, 0.2) is 23.4 Å². The monoisotopic (exact) mass is 207 g/mol. The molecule has 0 aliphatic carbocycles. The lowest BCUT2D eigenvalue weighted by Crippen LogP contribution is -1.92. The Bertz CT molecular complexity index is 327. The molecule has 0 aliphatic rings. The summed E-state index contributed by atoms with van der Waals surface area (Å²) in [5, 5.41) is 11.0. The lowest BCUT2D eigenvalue weighted by molar-refractivity contribution is 0.321. The van der Waals surface area contributed by atoms with Crippen LogP contribution in [0, 0.1) is 5.82 Å². The van der Waals surface area contributed by atoms with E-state index in [1.807, 2.05) is 0 Å². The molecule has 5 heteroatoms. The summed E-state index contributed by atoms with van der Waals surface area (Å²) in [6.45, 7) is 0. The van der Waals surface area contributed by atoms with Crippen molar-refractivity contribution in [2.24, 2.45) is 5.16 Å². The quantitative estimate of drug-likeness (QED) is 0.429. The van der Waals surface area contributed by atoms with Gasteiger partial charge in [0.1, 0.15) is 5.82 Å². The van der Waals surface area contributed by atoms with Crippen molar-refractivity contribution in [1.82, 2.24) is 0 Å². The van der Waals surface area contributed by atoms with Gasteiger partial charge in [-0.3, -0.25) is 0 Å². The van der Waals surface area contributed by atoms with Crippen molar-refractivity contribution in [1.29, 1.82) is 0 Å². The van der Waals surface area contributed by atoms with Gasteiger partial charge in [-0.15, -0.1) is 0 Å². The first-order chi connectivity index (χ1) is 5.65. The van der Waals surface area contributed by atoms with E-state index in [1.165, 1.54) is 12.1 Å². The first-order valence-corrected chi connectivity index (χ1v) is 3.73. The fourth-order valence-electron chi connectivity index (χ4n) is 0.711. The van der Waals surface area contributed by atoms with E-state index < -0.39 is 5.82 Å². The number of rotatable bonds is 1. The first kappa shape index (κ1) is 9.29. The maximum atomic E-state index is 12.5. The minimum absolute atomic E-state index is 0.109. The Labute approximate surface area is 78.2 Å². The molecule has 0 fully saturated rings. The molecule has 0 aliphatic heterocycles. The topological polar surface area (TPSA) is 32.6 Å². The van der Waals surface area contributed by atoms with Crippen molar-refractivity contribution in [2.75, 3.05) is 0 Å². The molecule has 1 aromatic carbocycles. The molecule has 0 spiro atoms. The molecular weight excluding hydrogens is 204 g/mol. The van der Waals surface area contributed by atoms with Crippen molar-refractivity contribution in [3.63, 3.8) is 0 Å². The van der Waals surface area contributed by atoms with Gasteiger partial charge in [0.2, 0.25) is 0 Å². The van der Waals surface area contributed by atoms with Crippen LogP contribution in [0.4, 0.5) is 4.39 Å². The van der Waals surface area contributed by atoms with Gasteiger partial charge in [-0.2, -0.15) is 0 Å². The number of hydrogen-bond donors (Lipinski definition) is 1. The number of hydrogen-bond acceptors (Lipinski definition) is 2. The minimum Gasteiger partial charge on any atom is -0.410 e. The summed E-state index contributed by atoms with van der Waals surface area (Å²) in [5.41, 5.74) is 0.294. The van der Waals surface area contributed by atoms with Gasteiger partial charge in [-0.25, -0.2) is 4.39 Å². The summed E-state index contributed by atoms with van der Waals surface area (Å²) in [7, 11) is 0. The van der Waals surface area contributed by atoms with Gasteiger partial charge in [-0.05, 0) is 18.2 Å². The molecule has 0 heterocycles. The van der Waals surface area contributed by atoms with Crippen LogP contribution in [-0.4, -0.2) is 10.4 Å². The maximum absolute atomic E-state index is 12.5. The fraction of sp³-hybridized carbons (Fsp3) is 0. The summed E-state index contributed by atoms with van der Waals surface area (Å²) in [5.74, 6) is -0.467.